The molecule has 0 aromatic carbocycles. The van der Waals surface area contributed by atoms with E-state index in [1.54, 1.807) is 10.6 Å². The molecule has 0 amide bonds. The van der Waals surface area contributed by atoms with Gasteiger partial charge in [-0.15, -0.1) is 0 Å². The van der Waals surface area contributed by atoms with Gasteiger partial charge in [-0.1, -0.05) is 0 Å². The number of aromatic nitrogens is 2. The van der Waals surface area contributed by atoms with Crippen molar-refractivity contribution in [2.45, 2.75) is 0 Å². The molecule has 0 N–H and O–H groups in total. The second-order valence-corrected chi connectivity index (χ2v) is 4.13. The summed E-state index contributed by atoms with van der Waals surface area (Å²) < 4.78 is 3.49. The molecule has 2 aromatic heterocycles. The maximum atomic E-state index is 8.67. The summed E-state index contributed by atoms with van der Waals surface area (Å²) in [6, 6.07) is 5.72. The third-order valence-corrected chi connectivity index (χ3v) is 2.85. The first-order valence-electron chi connectivity index (χ1n) is 3.45. The largest absolute Gasteiger partial charge is 0.225 e. The number of hydrogen-bond acceptors (Lipinski definition) is 2. The maximum Gasteiger partial charge on any atom is 0.109 e. The van der Waals surface area contributed by atoms with Gasteiger partial charge in [-0.3, -0.25) is 0 Å². The highest BCUT2D eigenvalue weighted by molar-refractivity contribution is 9.11. The van der Waals surface area contributed by atoms with Gasteiger partial charge in [0.1, 0.15) is 10.7 Å². The van der Waals surface area contributed by atoms with Crippen LogP contribution in [0, 0.1) is 11.3 Å². The molecule has 2 heterocycles. The van der Waals surface area contributed by atoms with Crippen molar-refractivity contribution in [2.24, 2.45) is 0 Å². The predicted octanol–water partition coefficient (Wildman–Crippen LogP) is 2.73. The number of nitrogens with zero attached hydrogens (tertiary/aromatic N) is 3. The third kappa shape index (κ3) is 1.36. The molecule has 0 spiro atoms. The van der Waals surface area contributed by atoms with Crippen molar-refractivity contribution in [1.29, 1.82) is 5.26 Å². The van der Waals surface area contributed by atoms with E-state index in [1.807, 2.05) is 12.1 Å². The summed E-state index contributed by atoms with van der Waals surface area (Å²) in [5, 5.41) is 12.8. The minimum atomic E-state index is 0.554. The maximum absolute atomic E-state index is 8.67. The normalized spacial score (nSPS) is 10.2. The zero-order valence-corrected chi connectivity index (χ0v) is 9.50. The van der Waals surface area contributed by atoms with Crippen LogP contribution in [0.3, 0.4) is 0 Å². The fraction of sp³-hybridized carbons (Fsp3) is 0. The van der Waals surface area contributed by atoms with Crippen molar-refractivity contribution in [3.63, 3.8) is 0 Å². The van der Waals surface area contributed by atoms with Crippen LogP contribution in [0.2, 0.25) is 0 Å². The monoisotopic (exact) mass is 299 g/mol. The second kappa shape index (κ2) is 3.13. The van der Waals surface area contributed by atoms with Crippen LogP contribution in [-0.2, 0) is 0 Å². The molecule has 3 nitrogen and oxygen atoms in total. The van der Waals surface area contributed by atoms with Crippen molar-refractivity contribution in [1.82, 2.24) is 9.61 Å². The average Bonchev–Trinajstić information content (AvgIpc) is 2.42. The summed E-state index contributed by atoms with van der Waals surface area (Å²) in [6.07, 6.45) is 1.53. The lowest BCUT2D eigenvalue weighted by atomic mass is 10.3. The Balaban J connectivity index is 2.86. The number of rotatable bonds is 0. The molecule has 0 saturated heterocycles. The SMILES string of the molecule is N#Cc1cnn2c(Br)cc(Br)c2c1. The van der Waals surface area contributed by atoms with E-state index in [0.29, 0.717) is 5.56 Å². The van der Waals surface area contributed by atoms with Crippen LogP contribution in [0.4, 0.5) is 0 Å². The molecule has 0 aliphatic carbocycles. The van der Waals surface area contributed by atoms with Gasteiger partial charge in [0.15, 0.2) is 0 Å². The average molecular weight is 301 g/mol. The smallest absolute Gasteiger partial charge is 0.109 e. The molecule has 0 bridgehead atoms. The molecule has 0 aliphatic heterocycles. The predicted molar refractivity (Wildman–Crippen MR) is 55.3 cm³/mol. The standard InChI is InChI=1S/C8H3Br2N3/c9-6-2-8(10)13-7(6)1-5(3-11)4-12-13/h1-2,4H. The molecule has 5 heteroatoms. The van der Waals surface area contributed by atoms with E-state index in [0.717, 1.165) is 14.6 Å². The van der Waals surface area contributed by atoms with Crippen LogP contribution in [0.5, 0.6) is 0 Å². The summed E-state index contributed by atoms with van der Waals surface area (Å²) in [6.45, 7) is 0. The van der Waals surface area contributed by atoms with Crippen LogP contribution in [0.25, 0.3) is 5.52 Å². The van der Waals surface area contributed by atoms with Crippen molar-refractivity contribution >= 4 is 37.4 Å². The van der Waals surface area contributed by atoms with Crippen LogP contribution >= 0.6 is 31.9 Å². The van der Waals surface area contributed by atoms with Crippen LogP contribution in [0.1, 0.15) is 5.56 Å². The highest BCUT2D eigenvalue weighted by atomic mass is 79.9. The van der Waals surface area contributed by atoms with Crippen LogP contribution in [-0.4, -0.2) is 9.61 Å². The van der Waals surface area contributed by atoms with E-state index in [2.05, 4.69) is 37.0 Å². The van der Waals surface area contributed by atoms with Crippen molar-refractivity contribution in [2.75, 3.05) is 0 Å². The van der Waals surface area contributed by atoms with Crippen LogP contribution < -0.4 is 0 Å². The fourth-order valence-corrected chi connectivity index (χ4v) is 2.39. The Kier molecular flexibility index (Phi) is 2.10. The zero-order valence-electron chi connectivity index (χ0n) is 6.33. The van der Waals surface area contributed by atoms with Gasteiger partial charge in [-0.05, 0) is 44.0 Å². The first-order valence-corrected chi connectivity index (χ1v) is 5.04. The lowest BCUT2D eigenvalue weighted by molar-refractivity contribution is 0.916. The number of hydrogen-bond donors (Lipinski definition) is 0. The summed E-state index contributed by atoms with van der Waals surface area (Å²) in [7, 11) is 0. The number of fused-ring (bicyclic) bond motifs is 1. The van der Waals surface area contributed by atoms with E-state index in [4.69, 9.17) is 5.26 Å². The molecular weight excluding hydrogens is 298 g/mol. The van der Waals surface area contributed by atoms with Gasteiger partial charge in [-0.25, -0.2) is 4.52 Å². The molecule has 0 aliphatic rings. The van der Waals surface area contributed by atoms with E-state index in [-0.39, 0.29) is 0 Å². The molecule has 2 aromatic rings. The van der Waals surface area contributed by atoms with Gasteiger partial charge in [-0.2, -0.15) is 10.4 Å². The lowest BCUT2D eigenvalue weighted by Crippen LogP contribution is -1.91. The molecule has 0 fully saturated rings. The molecule has 0 radical (unpaired) electrons. The topological polar surface area (TPSA) is 41.1 Å². The van der Waals surface area contributed by atoms with Crippen LogP contribution in [0.15, 0.2) is 27.4 Å². The third-order valence-electron chi connectivity index (χ3n) is 1.65. The Hall–Kier alpha value is -0.860. The van der Waals surface area contributed by atoms with Gasteiger partial charge in [0.05, 0.1) is 17.3 Å². The molecule has 0 atom stereocenters. The lowest BCUT2D eigenvalue weighted by Gasteiger charge is -1.94. The number of nitriles is 1. The summed E-state index contributed by atoms with van der Waals surface area (Å²) >= 11 is 6.73. The summed E-state index contributed by atoms with van der Waals surface area (Å²) in [5.74, 6) is 0. The van der Waals surface area contributed by atoms with Gasteiger partial charge >= 0.3 is 0 Å². The van der Waals surface area contributed by atoms with Crippen molar-refractivity contribution in [3.8, 4) is 6.07 Å². The zero-order chi connectivity index (χ0) is 9.42. The molecule has 2 rings (SSSR count). The minimum absolute atomic E-state index is 0.554. The number of halogens is 2. The highest BCUT2D eigenvalue weighted by Gasteiger charge is 2.06. The second-order valence-electron chi connectivity index (χ2n) is 2.47. The van der Waals surface area contributed by atoms with Gasteiger partial charge < -0.3 is 0 Å². The van der Waals surface area contributed by atoms with E-state index < -0.39 is 0 Å². The van der Waals surface area contributed by atoms with Crippen molar-refractivity contribution in [3.05, 3.63) is 33.0 Å². The first-order chi connectivity index (χ1) is 6.22. The quantitative estimate of drug-likeness (QED) is 0.750. The Bertz CT molecular complexity index is 510. The van der Waals surface area contributed by atoms with Crippen molar-refractivity contribution < 1.29 is 0 Å². The molecule has 0 unspecified atom stereocenters. The Morgan fingerprint density at radius 2 is 2.15 bits per heavy atom. The molecule has 64 valence electrons. The van der Waals surface area contributed by atoms with E-state index >= 15 is 0 Å². The Morgan fingerprint density at radius 1 is 1.38 bits per heavy atom. The van der Waals surface area contributed by atoms with E-state index in [1.165, 1.54) is 6.20 Å². The van der Waals surface area contributed by atoms with Gasteiger partial charge in [0, 0.05) is 4.47 Å². The summed E-state index contributed by atoms with van der Waals surface area (Å²) in [4.78, 5) is 0. The molecular formula is C8H3Br2N3. The summed E-state index contributed by atoms with van der Waals surface area (Å²) in [5.41, 5.74) is 1.43. The van der Waals surface area contributed by atoms with E-state index in [9.17, 15) is 0 Å². The fourth-order valence-electron chi connectivity index (χ4n) is 1.07. The first kappa shape index (κ1) is 8.73. The minimum Gasteiger partial charge on any atom is -0.225 e. The molecule has 0 saturated carbocycles. The highest BCUT2D eigenvalue weighted by Crippen LogP contribution is 2.25. The Morgan fingerprint density at radius 3 is 2.85 bits per heavy atom. The Labute approximate surface area is 91.2 Å². The molecule has 13 heavy (non-hydrogen) atoms. The van der Waals surface area contributed by atoms with Gasteiger partial charge in [0.2, 0.25) is 0 Å². The van der Waals surface area contributed by atoms with Gasteiger partial charge in [0.25, 0.3) is 0 Å².